The summed E-state index contributed by atoms with van der Waals surface area (Å²) in [7, 11) is 0. The van der Waals surface area contributed by atoms with Gasteiger partial charge in [-0.3, -0.25) is 4.79 Å². The van der Waals surface area contributed by atoms with Crippen molar-refractivity contribution >= 4 is 22.9 Å². The van der Waals surface area contributed by atoms with Crippen molar-refractivity contribution in [1.29, 1.82) is 0 Å². The Morgan fingerprint density at radius 1 is 1.15 bits per heavy atom. The van der Waals surface area contributed by atoms with E-state index < -0.39 is 5.24 Å². The Kier molecular flexibility index (Phi) is 4.00. The second-order valence-electron chi connectivity index (χ2n) is 2.43. The maximum absolute atomic E-state index is 10.3. The largest absolute Gasteiger partial charge is 0.276 e. The first-order chi connectivity index (χ1) is 6.29. The third kappa shape index (κ3) is 4.28. The molecule has 0 atom stereocenters. The molecular weight excluding hydrogens is 184 g/mol. The molecule has 0 saturated carbocycles. The fourth-order valence-electron chi connectivity index (χ4n) is 0.862. The third-order valence-corrected chi connectivity index (χ3v) is 1.55. The van der Waals surface area contributed by atoms with Crippen LogP contribution in [0.25, 0.3) is 6.08 Å². The summed E-state index contributed by atoms with van der Waals surface area (Å²) in [6.07, 6.45) is 6.59. The van der Waals surface area contributed by atoms with Crippen LogP contribution in [-0.4, -0.2) is 5.24 Å². The van der Waals surface area contributed by atoms with Gasteiger partial charge in [0.15, 0.2) is 0 Å². The summed E-state index contributed by atoms with van der Waals surface area (Å²) in [6, 6.07) is 9.82. The lowest BCUT2D eigenvalue weighted by atomic mass is 10.2. The van der Waals surface area contributed by atoms with Crippen LogP contribution in [0.4, 0.5) is 0 Å². The van der Waals surface area contributed by atoms with E-state index in [1.807, 2.05) is 36.4 Å². The molecule has 0 aliphatic rings. The van der Waals surface area contributed by atoms with Gasteiger partial charge in [-0.15, -0.1) is 0 Å². The number of halogens is 1. The zero-order chi connectivity index (χ0) is 9.52. The maximum atomic E-state index is 10.3. The molecule has 0 heterocycles. The summed E-state index contributed by atoms with van der Waals surface area (Å²) < 4.78 is 0. The van der Waals surface area contributed by atoms with Gasteiger partial charge in [0, 0.05) is 0 Å². The van der Waals surface area contributed by atoms with Gasteiger partial charge in [-0.1, -0.05) is 48.6 Å². The minimum absolute atomic E-state index is 0.460. The molecule has 0 unspecified atom stereocenters. The lowest BCUT2D eigenvalue weighted by Gasteiger charge is -1.87. The zero-order valence-electron chi connectivity index (χ0n) is 6.98. The number of hydrogen-bond acceptors (Lipinski definition) is 1. The Hall–Kier alpha value is -1.34. The van der Waals surface area contributed by atoms with E-state index >= 15 is 0 Å². The molecule has 0 bridgehead atoms. The summed E-state index contributed by atoms with van der Waals surface area (Å²) in [6.45, 7) is 0. The van der Waals surface area contributed by atoms with Crippen LogP contribution in [0.2, 0.25) is 0 Å². The van der Waals surface area contributed by atoms with Crippen molar-refractivity contribution in [2.75, 3.05) is 0 Å². The van der Waals surface area contributed by atoms with Crippen molar-refractivity contribution in [3.63, 3.8) is 0 Å². The van der Waals surface area contributed by atoms with Crippen LogP contribution in [0.1, 0.15) is 5.56 Å². The number of carbonyl (C=O) groups is 1. The van der Waals surface area contributed by atoms with Gasteiger partial charge >= 0.3 is 0 Å². The van der Waals surface area contributed by atoms with Crippen molar-refractivity contribution in [2.24, 2.45) is 0 Å². The first-order valence-electron chi connectivity index (χ1n) is 3.88. The van der Waals surface area contributed by atoms with Crippen LogP contribution in [0, 0.1) is 0 Å². The van der Waals surface area contributed by atoms with Gasteiger partial charge in [-0.05, 0) is 23.2 Å². The topological polar surface area (TPSA) is 17.1 Å². The third-order valence-electron chi connectivity index (χ3n) is 1.43. The molecule has 13 heavy (non-hydrogen) atoms. The van der Waals surface area contributed by atoms with Crippen LogP contribution >= 0.6 is 11.6 Å². The Balaban J connectivity index is 2.55. The number of allylic oxidation sites excluding steroid dienone is 3. The zero-order valence-corrected chi connectivity index (χ0v) is 7.74. The lowest BCUT2D eigenvalue weighted by molar-refractivity contribution is -0.107. The molecule has 66 valence electrons. The Morgan fingerprint density at radius 3 is 2.46 bits per heavy atom. The molecule has 0 fully saturated rings. The number of hydrogen-bond donors (Lipinski definition) is 0. The van der Waals surface area contributed by atoms with E-state index in [1.165, 1.54) is 6.08 Å². The summed E-state index contributed by atoms with van der Waals surface area (Å²) in [5, 5.41) is -0.460. The van der Waals surface area contributed by atoms with Crippen molar-refractivity contribution < 1.29 is 4.79 Å². The molecule has 0 aliphatic carbocycles. The second-order valence-corrected chi connectivity index (χ2v) is 2.81. The molecule has 0 radical (unpaired) electrons. The van der Waals surface area contributed by atoms with Crippen LogP contribution in [0.15, 0.2) is 48.6 Å². The number of carbonyl (C=O) groups excluding carboxylic acids is 1. The van der Waals surface area contributed by atoms with Gasteiger partial charge in [0.25, 0.3) is 0 Å². The molecule has 1 aromatic carbocycles. The monoisotopic (exact) mass is 192 g/mol. The molecule has 2 heteroatoms. The number of rotatable bonds is 3. The van der Waals surface area contributed by atoms with Crippen LogP contribution < -0.4 is 0 Å². The smallest absolute Gasteiger partial charge is 0.245 e. The Bertz CT molecular complexity index is 325. The highest BCUT2D eigenvalue weighted by atomic mass is 35.5. The quantitative estimate of drug-likeness (QED) is 0.409. The summed E-state index contributed by atoms with van der Waals surface area (Å²) in [4.78, 5) is 10.3. The predicted octanol–water partition coefficient (Wildman–Crippen LogP) is 3.02. The fraction of sp³-hybridized carbons (Fsp3) is 0. The second kappa shape index (κ2) is 5.33. The first-order valence-corrected chi connectivity index (χ1v) is 4.26. The molecule has 1 aromatic rings. The van der Waals surface area contributed by atoms with E-state index in [4.69, 9.17) is 11.6 Å². The fourth-order valence-corrected chi connectivity index (χ4v) is 0.935. The Labute approximate surface area is 82.3 Å². The Morgan fingerprint density at radius 2 is 1.85 bits per heavy atom. The van der Waals surface area contributed by atoms with Crippen LogP contribution in [0.3, 0.4) is 0 Å². The molecule has 0 spiro atoms. The predicted molar refractivity (Wildman–Crippen MR) is 55.5 cm³/mol. The SMILES string of the molecule is O=C(Cl)/C=C/C=C/c1ccccc1. The molecule has 0 saturated heterocycles. The van der Waals surface area contributed by atoms with E-state index in [-0.39, 0.29) is 0 Å². The lowest BCUT2D eigenvalue weighted by Crippen LogP contribution is -1.72. The molecular formula is C11H9ClO. The average molecular weight is 193 g/mol. The van der Waals surface area contributed by atoms with Gasteiger partial charge < -0.3 is 0 Å². The van der Waals surface area contributed by atoms with Crippen molar-refractivity contribution in [3.8, 4) is 0 Å². The molecule has 1 rings (SSSR count). The highest BCUT2D eigenvalue weighted by Gasteiger charge is 1.82. The summed E-state index contributed by atoms with van der Waals surface area (Å²) in [5.74, 6) is 0. The molecule has 0 aliphatic heterocycles. The highest BCUT2D eigenvalue weighted by Crippen LogP contribution is 2.00. The highest BCUT2D eigenvalue weighted by molar-refractivity contribution is 6.66. The van der Waals surface area contributed by atoms with Gasteiger partial charge in [0.1, 0.15) is 0 Å². The normalized spacial score (nSPS) is 11.2. The van der Waals surface area contributed by atoms with Crippen molar-refractivity contribution in [3.05, 3.63) is 54.1 Å². The number of benzene rings is 1. The van der Waals surface area contributed by atoms with E-state index in [0.717, 1.165) is 5.56 Å². The van der Waals surface area contributed by atoms with Gasteiger partial charge in [-0.25, -0.2) is 0 Å². The minimum Gasteiger partial charge on any atom is -0.276 e. The molecule has 0 N–H and O–H groups in total. The molecule has 0 aromatic heterocycles. The van der Waals surface area contributed by atoms with E-state index in [0.29, 0.717) is 0 Å². The van der Waals surface area contributed by atoms with Crippen LogP contribution in [0.5, 0.6) is 0 Å². The summed E-state index contributed by atoms with van der Waals surface area (Å²) >= 11 is 5.10. The van der Waals surface area contributed by atoms with Gasteiger partial charge in [-0.2, -0.15) is 0 Å². The standard InChI is InChI=1S/C11H9ClO/c12-11(13)9-5-4-8-10-6-2-1-3-7-10/h1-9H/b8-4+,9-5+. The molecule has 0 amide bonds. The van der Waals surface area contributed by atoms with Crippen molar-refractivity contribution in [2.45, 2.75) is 0 Å². The maximum Gasteiger partial charge on any atom is 0.245 e. The summed E-state index contributed by atoms with van der Waals surface area (Å²) in [5.41, 5.74) is 1.09. The van der Waals surface area contributed by atoms with Crippen LogP contribution in [-0.2, 0) is 4.79 Å². The average Bonchev–Trinajstić information content (AvgIpc) is 2.14. The first kappa shape index (κ1) is 9.75. The van der Waals surface area contributed by atoms with E-state index in [1.54, 1.807) is 12.2 Å². The molecule has 1 nitrogen and oxygen atoms in total. The van der Waals surface area contributed by atoms with Crippen molar-refractivity contribution in [1.82, 2.24) is 0 Å². The van der Waals surface area contributed by atoms with E-state index in [2.05, 4.69) is 0 Å². The van der Waals surface area contributed by atoms with E-state index in [9.17, 15) is 4.79 Å². The minimum atomic E-state index is -0.460. The van der Waals surface area contributed by atoms with Gasteiger partial charge in [0.05, 0.1) is 0 Å². The van der Waals surface area contributed by atoms with Gasteiger partial charge in [0.2, 0.25) is 5.24 Å².